The number of hydrogen-bond acceptors (Lipinski definition) is 4. The number of nitrogens with one attached hydrogen (secondary N) is 1. The molecule has 1 fully saturated rings. The fraction of sp³-hybridized carbons (Fsp3) is 0.429. The van der Waals surface area contributed by atoms with Crippen LogP contribution in [0.3, 0.4) is 0 Å². The van der Waals surface area contributed by atoms with Crippen LogP contribution in [-0.4, -0.2) is 16.9 Å². The minimum absolute atomic E-state index is 0.0687. The van der Waals surface area contributed by atoms with E-state index < -0.39 is 0 Å². The number of thiazole rings is 1. The van der Waals surface area contributed by atoms with E-state index in [2.05, 4.69) is 16.4 Å². The molecule has 19 heavy (non-hydrogen) atoms. The molecule has 0 saturated heterocycles. The van der Waals surface area contributed by atoms with Gasteiger partial charge in [0.1, 0.15) is 0 Å². The van der Waals surface area contributed by atoms with Gasteiger partial charge in [0.25, 0.3) is 0 Å². The van der Waals surface area contributed by atoms with Crippen LogP contribution in [0, 0.1) is 5.92 Å². The second-order valence-electron chi connectivity index (χ2n) is 5.03. The smallest absolute Gasteiger partial charge is 0.222 e. The van der Waals surface area contributed by atoms with Gasteiger partial charge in [-0.2, -0.15) is 0 Å². The molecule has 1 aromatic carbocycles. The third-order valence-electron chi connectivity index (χ3n) is 3.73. The standard InChI is InChI=1S/C14H17N3OS/c15-13(18)9-5-1-2-6-10(9)16-14-17-11-7-3-4-8-12(11)19-14/h3-4,7-10H,1-2,5-6H2,(H2,15,18)(H,16,17). The van der Waals surface area contributed by atoms with Gasteiger partial charge in [-0.1, -0.05) is 36.3 Å². The van der Waals surface area contributed by atoms with Crippen molar-refractivity contribution in [2.75, 3.05) is 5.32 Å². The number of hydrogen-bond donors (Lipinski definition) is 2. The highest BCUT2D eigenvalue weighted by Crippen LogP contribution is 2.31. The third kappa shape index (κ3) is 2.56. The van der Waals surface area contributed by atoms with Crippen LogP contribution in [0.4, 0.5) is 5.13 Å². The normalized spacial score (nSPS) is 23.4. The first-order valence-electron chi connectivity index (χ1n) is 6.65. The number of primary amides is 1. The molecule has 1 aromatic heterocycles. The van der Waals surface area contributed by atoms with E-state index in [-0.39, 0.29) is 17.9 Å². The molecule has 1 aliphatic rings. The van der Waals surface area contributed by atoms with Crippen LogP contribution in [0.2, 0.25) is 0 Å². The summed E-state index contributed by atoms with van der Waals surface area (Å²) in [6, 6.07) is 8.19. The molecule has 3 rings (SSSR count). The van der Waals surface area contributed by atoms with Crippen LogP contribution >= 0.6 is 11.3 Å². The van der Waals surface area contributed by atoms with Crippen LogP contribution in [0.25, 0.3) is 10.2 Å². The lowest BCUT2D eigenvalue weighted by Gasteiger charge is -2.29. The number of fused-ring (bicyclic) bond motifs is 1. The molecule has 0 radical (unpaired) electrons. The zero-order valence-electron chi connectivity index (χ0n) is 10.6. The van der Waals surface area contributed by atoms with Gasteiger partial charge in [-0.05, 0) is 25.0 Å². The molecule has 4 nitrogen and oxygen atoms in total. The van der Waals surface area contributed by atoms with E-state index in [0.717, 1.165) is 41.0 Å². The van der Waals surface area contributed by atoms with E-state index in [4.69, 9.17) is 5.73 Å². The minimum Gasteiger partial charge on any atom is -0.369 e. The van der Waals surface area contributed by atoms with Gasteiger partial charge in [-0.3, -0.25) is 4.79 Å². The average Bonchev–Trinajstić information content (AvgIpc) is 2.81. The summed E-state index contributed by atoms with van der Waals surface area (Å²) < 4.78 is 1.16. The van der Waals surface area contributed by atoms with Crippen molar-refractivity contribution in [2.24, 2.45) is 11.7 Å². The van der Waals surface area contributed by atoms with Crippen molar-refractivity contribution in [3.05, 3.63) is 24.3 Å². The zero-order valence-corrected chi connectivity index (χ0v) is 11.5. The second-order valence-corrected chi connectivity index (χ2v) is 6.06. The number of anilines is 1. The Morgan fingerprint density at radius 3 is 2.89 bits per heavy atom. The van der Waals surface area contributed by atoms with E-state index in [1.807, 2.05) is 18.2 Å². The lowest BCUT2D eigenvalue weighted by molar-refractivity contribution is -0.122. The molecule has 1 amide bonds. The van der Waals surface area contributed by atoms with Crippen molar-refractivity contribution in [3.8, 4) is 0 Å². The van der Waals surface area contributed by atoms with Gasteiger partial charge in [-0.15, -0.1) is 0 Å². The van der Waals surface area contributed by atoms with Gasteiger partial charge in [0.05, 0.1) is 16.1 Å². The average molecular weight is 275 g/mol. The lowest BCUT2D eigenvalue weighted by Crippen LogP contribution is -2.40. The maximum atomic E-state index is 11.5. The van der Waals surface area contributed by atoms with Gasteiger partial charge in [-0.25, -0.2) is 4.98 Å². The van der Waals surface area contributed by atoms with Crippen LogP contribution in [-0.2, 0) is 4.79 Å². The monoisotopic (exact) mass is 275 g/mol. The van der Waals surface area contributed by atoms with E-state index in [0.29, 0.717) is 0 Å². The van der Waals surface area contributed by atoms with Gasteiger partial charge in [0.15, 0.2) is 5.13 Å². The van der Waals surface area contributed by atoms with Crippen LogP contribution < -0.4 is 11.1 Å². The van der Waals surface area contributed by atoms with Crippen molar-refractivity contribution < 1.29 is 4.79 Å². The molecule has 1 saturated carbocycles. The number of benzene rings is 1. The first-order chi connectivity index (χ1) is 9.24. The zero-order chi connectivity index (χ0) is 13.2. The number of para-hydroxylation sites is 1. The van der Waals surface area contributed by atoms with E-state index in [9.17, 15) is 4.79 Å². The summed E-state index contributed by atoms with van der Waals surface area (Å²) in [5, 5.41) is 4.30. The lowest BCUT2D eigenvalue weighted by atomic mass is 9.84. The van der Waals surface area contributed by atoms with Gasteiger partial charge in [0.2, 0.25) is 5.91 Å². The van der Waals surface area contributed by atoms with Crippen molar-refractivity contribution in [1.82, 2.24) is 4.98 Å². The molecule has 1 heterocycles. The minimum atomic E-state index is -0.196. The van der Waals surface area contributed by atoms with Gasteiger partial charge in [0, 0.05) is 6.04 Å². The Kier molecular flexibility index (Phi) is 3.38. The number of carbonyl (C=O) groups excluding carboxylic acids is 1. The Labute approximate surface area is 116 Å². The molecule has 100 valence electrons. The first kappa shape index (κ1) is 12.4. The maximum absolute atomic E-state index is 11.5. The Balaban J connectivity index is 1.80. The fourth-order valence-corrected chi connectivity index (χ4v) is 3.66. The van der Waals surface area contributed by atoms with Crippen LogP contribution in [0.5, 0.6) is 0 Å². The Morgan fingerprint density at radius 2 is 2.11 bits per heavy atom. The van der Waals surface area contributed by atoms with E-state index in [1.165, 1.54) is 0 Å². The quantitative estimate of drug-likeness (QED) is 0.905. The third-order valence-corrected chi connectivity index (χ3v) is 4.70. The molecule has 0 spiro atoms. The number of carbonyl (C=O) groups is 1. The molecule has 1 aliphatic carbocycles. The maximum Gasteiger partial charge on any atom is 0.222 e. The molecule has 3 N–H and O–H groups in total. The Bertz CT molecular complexity index is 562. The van der Waals surface area contributed by atoms with Crippen LogP contribution in [0.1, 0.15) is 25.7 Å². The van der Waals surface area contributed by atoms with Crippen LogP contribution in [0.15, 0.2) is 24.3 Å². The predicted molar refractivity (Wildman–Crippen MR) is 78.2 cm³/mol. The summed E-state index contributed by atoms with van der Waals surface area (Å²) in [5.74, 6) is -0.265. The Morgan fingerprint density at radius 1 is 1.32 bits per heavy atom. The summed E-state index contributed by atoms with van der Waals surface area (Å²) in [7, 11) is 0. The molecule has 2 atom stereocenters. The number of nitrogens with zero attached hydrogens (tertiary/aromatic N) is 1. The van der Waals surface area contributed by atoms with Crippen molar-refractivity contribution in [3.63, 3.8) is 0 Å². The molecule has 0 bridgehead atoms. The predicted octanol–water partition coefficient (Wildman–Crippen LogP) is 2.75. The number of amides is 1. The fourth-order valence-electron chi connectivity index (χ4n) is 2.74. The Hall–Kier alpha value is -1.62. The highest BCUT2D eigenvalue weighted by atomic mass is 32.1. The molecular weight excluding hydrogens is 258 g/mol. The number of nitrogens with two attached hydrogens (primary N) is 1. The summed E-state index contributed by atoms with van der Waals surface area (Å²) in [6.07, 6.45) is 4.11. The first-order valence-corrected chi connectivity index (χ1v) is 7.47. The summed E-state index contributed by atoms with van der Waals surface area (Å²) in [4.78, 5) is 16.0. The summed E-state index contributed by atoms with van der Waals surface area (Å²) >= 11 is 1.63. The van der Waals surface area contributed by atoms with Gasteiger partial charge < -0.3 is 11.1 Å². The topological polar surface area (TPSA) is 68.0 Å². The molecule has 2 unspecified atom stereocenters. The van der Waals surface area contributed by atoms with Crippen molar-refractivity contribution in [2.45, 2.75) is 31.7 Å². The highest BCUT2D eigenvalue weighted by Gasteiger charge is 2.29. The largest absolute Gasteiger partial charge is 0.369 e. The second kappa shape index (κ2) is 5.17. The van der Waals surface area contributed by atoms with E-state index >= 15 is 0 Å². The molecule has 0 aliphatic heterocycles. The molecular formula is C14H17N3OS. The molecule has 5 heteroatoms. The van der Waals surface area contributed by atoms with Crippen molar-refractivity contribution in [1.29, 1.82) is 0 Å². The number of rotatable bonds is 3. The highest BCUT2D eigenvalue weighted by molar-refractivity contribution is 7.22. The van der Waals surface area contributed by atoms with E-state index in [1.54, 1.807) is 11.3 Å². The SMILES string of the molecule is NC(=O)C1CCCCC1Nc1nc2ccccc2s1. The van der Waals surface area contributed by atoms with Gasteiger partial charge >= 0.3 is 0 Å². The van der Waals surface area contributed by atoms with Crippen molar-refractivity contribution >= 4 is 32.6 Å². The summed E-state index contributed by atoms with van der Waals surface area (Å²) in [6.45, 7) is 0. The summed E-state index contributed by atoms with van der Waals surface area (Å²) in [5.41, 5.74) is 6.49. The number of aromatic nitrogens is 1. The molecule has 2 aromatic rings.